The van der Waals surface area contributed by atoms with Crippen LogP contribution in [-0.4, -0.2) is 51.7 Å². The van der Waals surface area contributed by atoms with Crippen molar-refractivity contribution < 1.29 is 44.1 Å². The highest BCUT2D eigenvalue weighted by molar-refractivity contribution is 5.95. The Bertz CT molecular complexity index is 708. The van der Waals surface area contributed by atoms with Crippen molar-refractivity contribution in [2.75, 3.05) is 45.9 Å². The molecule has 1 aliphatic heterocycles. The van der Waals surface area contributed by atoms with Gasteiger partial charge in [0.25, 0.3) is 0 Å². The van der Waals surface area contributed by atoms with E-state index >= 15 is 0 Å². The van der Waals surface area contributed by atoms with Crippen LogP contribution in [0.4, 0.5) is 0 Å². The fourth-order valence-electron chi connectivity index (χ4n) is 4.07. The van der Waals surface area contributed by atoms with E-state index in [4.69, 9.17) is 4.74 Å². The molecule has 166 valence electrons. The Morgan fingerprint density at radius 2 is 1.40 bits per heavy atom. The molecular weight excluding hydrogens is 419 g/mol. The second-order valence-electron chi connectivity index (χ2n) is 7.68. The van der Waals surface area contributed by atoms with Crippen LogP contribution in [0.25, 0.3) is 0 Å². The van der Waals surface area contributed by atoms with E-state index in [1.54, 1.807) is 9.80 Å². The lowest BCUT2D eigenvalue weighted by molar-refractivity contribution is -1.01. The van der Waals surface area contributed by atoms with Gasteiger partial charge in [0, 0.05) is 18.6 Å². The molecule has 30 heavy (non-hydrogen) atoms. The molecule has 1 saturated heterocycles. The van der Waals surface area contributed by atoms with Gasteiger partial charge in [0.2, 0.25) is 0 Å². The smallest absolute Gasteiger partial charge is 0.168 e. The van der Waals surface area contributed by atoms with Crippen LogP contribution in [0.5, 0.6) is 0 Å². The number of carbonyl (C=O) groups is 1. The minimum atomic E-state index is 0. The molecule has 1 aliphatic rings. The predicted octanol–water partition coefficient (Wildman–Crippen LogP) is -4.78. The molecule has 6 heteroatoms. The Kier molecular flexibility index (Phi) is 12.9. The first-order valence-corrected chi connectivity index (χ1v) is 10.7. The monoisotopic (exact) mass is 452 g/mol. The molecule has 2 aromatic carbocycles. The van der Waals surface area contributed by atoms with E-state index < -0.39 is 0 Å². The molecule has 1 heterocycles. The lowest BCUT2D eigenvalue weighted by Gasteiger charge is -2.30. The summed E-state index contributed by atoms with van der Waals surface area (Å²) in [6, 6.07) is 20.2. The van der Waals surface area contributed by atoms with E-state index in [9.17, 15) is 4.79 Å². The van der Waals surface area contributed by atoms with Crippen LogP contribution in [0.1, 0.15) is 41.8 Å². The van der Waals surface area contributed by atoms with Crippen molar-refractivity contribution in [1.29, 1.82) is 0 Å². The number of Topliss-reactive ketones (excluding diaryl/α,β-unsaturated/α-hetero) is 1. The Morgan fingerprint density at radius 1 is 0.867 bits per heavy atom. The summed E-state index contributed by atoms with van der Waals surface area (Å²) in [6.07, 6.45) is 1.91. The number of rotatable bonds is 10. The number of ether oxygens (including phenoxy) is 1. The zero-order valence-electron chi connectivity index (χ0n) is 17.8. The topological polar surface area (TPSA) is 35.2 Å². The van der Waals surface area contributed by atoms with Gasteiger partial charge in [-0.15, -0.1) is 0 Å². The van der Waals surface area contributed by atoms with Crippen molar-refractivity contribution >= 4 is 5.78 Å². The Balaban J connectivity index is 0.00000225. The fraction of sp³-hybridized carbons (Fsp3) is 0.458. The van der Waals surface area contributed by atoms with Gasteiger partial charge in [-0.25, -0.2) is 0 Å². The van der Waals surface area contributed by atoms with Gasteiger partial charge in [0.05, 0.1) is 25.6 Å². The van der Waals surface area contributed by atoms with E-state index in [1.165, 1.54) is 18.7 Å². The van der Waals surface area contributed by atoms with E-state index in [2.05, 4.69) is 37.3 Å². The zero-order valence-corrected chi connectivity index (χ0v) is 19.3. The number of quaternary nitrogens is 2. The summed E-state index contributed by atoms with van der Waals surface area (Å²) < 4.78 is 5.99. The first kappa shape index (κ1) is 26.6. The lowest BCUT2D eigenvalue weighted by Crippen LogP contribution is -3.28. The van der Waals surface area contributed by atoms with Crippen molar-refractivity contribution in [3.8, 4) is 0 Å². The average Bonchev–Trinajstić information content (AvgIpc) is 2.77. The summed E-state index contributed by atoms with van der Waals surface area (Å²) in [7, 11) is 0. The Hall–Kier alpha value is -1.43. The second kappa shape index (κ2) is 14.6. The van der Waals surface area contributed by atoms with Crippen molar-refractivity contribution in [2.45, 2.75) is 25.9 Å². The van der Waals surface area contributed by atoms with E-state index in [1.807, 2.05) is 30.3 Å². The van der Waals surface area contributed by atoms with Crippen molar-refractivity contribution in [3.05, 3.63) is 71.8 Å². The highest BCUT2D eigenvalue weighted by Gasteiger charge is 2.24. The van der Waals surface area contributed by atoms with Crippen molar-refractivity contribution in [3.63, 3.8) is 0 Å². The molecule has 0 spiro atoms. The maximum Gasteiger partial charge on any atom is 0.168 e. The maximum absolute atomic E-state index is 12.3. The molecule has 0 aliphatic carbocycles. The van der Waals surface area contributed by atoms with Crippen molar-refractivity contribution in [2.24, 2.45) is 0 Å². The highest BCUT2D eigenvalue weighted by atomic mass is 35.5. The van der Waals surface area contributed by atoms with Crippen LogP contribution in [0, 0.1) is 0 Å². The van der Waals surface area contributed by atoms with Gasteiger partial charge < -0.3 is 39.4 Å². The van der Waals surface area contributed by atoms with Crippen LogP contribution in [0.15, 0.2) is 60.7 Å². The SMILES string of the molecule is CCOC(CC[NH+]1CC[NH+](CCC(=O)c2ccccc2)CC1)c1ccccc1.[Cl-].[Cl-]. The van der Waals surface area contributed by atoms with Gasteiger partial charge in [-0.05, 0) is 12.5 Å². The summed E-state index contributed by atoms with van der Waals surface area (Å²) in [5.41, 5.74) is 2.13. The van der Waals surface area contributed by atoms with Gasteiger partial charge >= 0.3 is 0 Å². The predicted molar refractivity (Wildman–Crippen MR) is 112 cm³/mol. The summed E-state index contributed by atoms with van der Waals surface area (Å²) in [5.74, 6) is 0.269. The number of benzene rings is 2. The molecule has 1 fully saturated rings. The van der Waals surface area contributed by atoms with E-state index in [-0.39, 0.29) is 36.7 Å². The van der Waals surface area contributed by atoms with Gasteiger partial charge in [0.1, 0.15) is 26.2 Å². The quantitative estimate of drug-likeness (QED) is 0.355. The standard InChI is InChI=1S/C24H32N2O2.2ClH/c1-2-28-24(22-11-7-4-8-12-22)14-16-26-19-17-25(18-20-26)15-13-23(27)21-9-5-3-6-10-21;;/h3-12,24H,2,13-20H2,1H3;2*1H. The molecule has 0 amide bonds. The highest BCUT2D eigenvalue weighted by Crippen LogP contribution is 2.19. The fourth-order valence-corrected chi connectivity index (χ4v) is 4.07. The van der Waals surface area contributed by atoms with Crippen LogP contribution >= 0.6 is 0 Å². The molecule has 0 aromatic heterocycles. The summed E-state index contributed by atoms with van der Waals surface area (Å²) >= 11 is 0. The van der Waals surface area contributed by atoms with Gasteiger partial charge in [-0.1, -0.05) is 60.7 Å². The third kappa shape index (κ3) is 8.37. The van der Waals surface area contributed by atoms with Gasteiger partial charge in [0.15, 0.2) is 5.78 Å². The molecule has 0 bridgehead atoms. The first-order chi connectivity index (χ1) is 13.8. The zero-order chi connectivity index (χ0) is 19.6. The normalized spacial score (nSPS) is 19.2. The average molecular weight is 453 g/mol. The molecule has 1 unspecified atom stereocenters. The summed E-state index contributed by atoms with van der Waals surface area (Å²) in [4.78, 5) is 15.5. The van der Waals surface area contributed by atoms with Crippen LogP contribution in [-0.2, 0) is 4.74 Å². The van der Waals surface area contributed by atoms with Crippen LogP contribution in [0.3, 0.4) is 0 Å². The molecule has 0 saturated carbocycles. The van der Waals surface area contributed by atoms with E-state index in [0.29, 0.717) is 6.42 Å². The summed E-state index contributed by atoms with van der Waals surface area (Å²) in [6.45, 7) is 9.60. The number of carbonyl (C=O) groups excluding carboxylic acids is 1. The minimum Gasteiger partial charge on any atom is -1.00 e. The molecule has 2 N–H and O–H groups in total. The molecular formula is C24H34Cl2N2O2. The number of ketones is 1. The van der Waals surface area contributed by atoms with Gasteiger partial charge in [-0.3, -0.25) is 4.79 Å². The summed E-state index contributed by atoms with van der Waals surface area (Å²) in [5, 5.41) is 0. The van der Waals surface area contributed by atoms with E-state index in [0.717, 1.165) is 44.8 Å². The number of piperazine rings is 1. The lowest BCUT2D eigenvalue weighted by atomic mass is 10.1. The third-order valence-corrected chi connectivity index (χ3v) is 5.76. The Morgan fingerprint density at radius 3 is 1.97 bits per heavy atom. The van der Waals surface area contributed by atoms with Crippen LogP contribution < -0.4 is 34.6 Å². The first-order valence-electron chi connectivity index (χ1n) is 10.7. The molecule has 3 rings (SSSR count). The molecule has 0 radical (unpaired) electrons. The van der Waals surface area contributed by atoms with Crippen LogP contribution in [0.2, 0.25) is 0 Å². The molecule has 2 aromatic rings. The third-order valence-electron chi connectivity index (χ3n) is 5.76. The second-order valence-corrected chi connectivity index (χ2v) is 7.68. The van der Waals surface area contributed by atoms with Crippen molar-refractivity contribution in [1.82, 2.24) is 0 Å². The van der Waals surface area contributed by atoms with Gasteiger partial charge in [-0.2, -0.15) is 0 Å². The number of hydrogen-bond donors (Lipinski definition) is 2. The number of halogens is 2. The minimum absolute atomic E-state index is 0. The number of nitrogens with one attached hydrogen (secondary N) is 2. The Labute approximate surface area is 193 Å². The number of hydrogen-bond acceptors (Lipinski definition) is 2. The largest absolute Gasteiger partial charge is 1.00 e. The maximum atomic E-state index is 12.3. The molecule has 4 nitrogen and oxygen atoms in total. The molecule has 1 atom stereocenters.